The van der Waals surface area contributed by atoms with Crippen LogP contribution in [0.5, 0.6) is 0 Å². The van der Waals surface area contributed by atoms with Crippen LogP contribution in [0.25, 0.3) is 11.3 Å². The predicted molar refractivity (Wildman–Crippen MR) is 139 cm³/mol. The van der Waals surface area contributed by atoms with Crippen molar-refractivity contribution in [2.24, 2.45) is 5.73 Å². The van der Waals surface area contributed by atoms with Gasteiger partial charge in [-0.05, 0) is 56.7 Å². The molecule has 1 saturated heterocycles. The quantitative estimate of drug-likeness (QED) is 0.400. The molecule has 1 aliphatic heterocycles. The van der Waals surface area contributed by atoms with E-state index in [9.17, 15) is 18.4 Å². The maximum atomic E-state index is 14.7. The number of alkyl halides is 1. The van der Waals surface area contributed by atoms with Crippen molar-refractivity contribution in [3.8, 4) is 11.3 Å². The molecule has 4 rings (SSSR count). The molecule has 11 heteroatoms. The Kier molecular flexibility index (Phi) is 7.63. The summed E-state index contributed by atoms with van der Waals surface area (Å²) in [6, 6.07) is 7.83. The Bertz CT molecular complexity index is 1320. The summed E-state index contributed by atoms with van der Waals surface area (Å²) in [7, 11) is 0. The van der Waals surface area contributed by atoms with Gasteiger partial charge in [0.15, 0.2) is 5.69 Å². The zero-order valence-electron chi connectivity index (χ0n) is 20.5. The fraction of sp³-hybridized carbons (Fsp3) is 0.308. The zero-order chi connectivity index (χ0) is 26.7. The van der Waals surface area contributed by atoms with Crippen LogP contribution in [-0.4, -0.2) is 53.1 Å². The first-order valence-corrected chi connectivity index (χ1v) is 11.9. The van der Waals surface area contributed by atoms with Crippen LogP contribution < -0.4 is 27.0 Å². The van der Waals surface area contributed by atoms with Gasteiger partial charge in [-0.15, -0.1) is 0 Å². The van der Waals surface area contributed by atoms with Gasteiger partial charge in [0.2, 0.25) is 0 Å². The van der Waals surface area contributed by atoms with Crippen molar-refractivity contribution in [1.82, 2.24) is 15.3 Å². The van der Waals surface area contributed by atoms with E-state index in [0.29, 0.717) is 17.9 Å². The maximum Gasteiger partial charge on any atom is 0.276 e. The zero-order valence-corrected chi connectivity index (χ0v) is 20.5. The average molecular weight is 510 g/mol. The second kappa shape index (κ2) is 10.9. The number of pyridine rings is 2. The first-order valence-electron chi connectivity index (χ1n) is 11.9. The summed E-state index contributed by atoms with van der Waals surface area (Å²) in [5.41, 5.74) is 13.4. The second-order valence-electron chi connectivity index (χ2n) is 9.22. The van der Waals surface area contributed by atoms with Gasteiger partial charge in [0.1, 0.15) is 12.0 Å². The molecule has 0 unspecified atom stereocenters. The monoisotopic (exact) mass is 509 g/mol. The van der Waals surface area contributed by atoms with E-state index < -0.39 is 23.9 Å². The van der Waals surface area contributed by atoms with E-state index in [4.69, 9.17) is 11.5 Å². The minimum Gasteiger partial charge on any atom is -0.397 e. The number of nitrogens with two attached hydrogens (primary N) is 2. The first kappa shape index (κ1) is 26.0. The number of nitrogen functional groups attached to an aromatic ring is 1. The van der Waals surface area contributed by atoms with Crippen molar-refractivity contribution >= 4 is 28.9 Å². The van der Waals surface area contributed by atoms with Crippen molar-refractivity contribution in [2.75, 3.05) is 29.0 Å². The number of carbonyl (C=O) groups is 2. The normalized spacial score (nSPS) is 17.5. The van der Waals surface area contributed by atoms with E-state index in [2.05, 4.69) is 20.6 Å². The van der Waals surface area contributed by atoms with Crippen LogP contribution in [0.3, 0.4) is 0 Å². The molecule has 1 aromatic carbocycles. The highest BCUT2D eigenvalue weighted by molar-refractivity contribution is 6.08. The molecule has 0 bridgehead atoms. The molecule has 1 fully saturated rings. The standard InChI is InChI=1S/C26H29F2N7O2/c1-14(2)32-25(36)15-3-4-17(27)16(11-15)21-6-5-19(29)24(33-21)26(37)34-22-12-31-9-7-23(22)35-10-8-18(28)20(30)13-35/h3-7,9,11-12,14,18,20H,8,10,13,29-30H2,1-2H3,(H,32,36)(H,34,37)/t18-,20+/m0/s1. The van der Waals surface area contributed by atoms with Crippen molar-refractivity contribution in [3.05, 3.63) is 65.9 Å². The van der Waals surface area contributed by atoms with Crippen LogP contribution in [0.1, 0.15) is 41.1 Å². The third-order valence-corrected chi connectivity index (χ3v) is 6.02. The molecule has 2 aromatic heterocycles. The molecule has 6 N–H and O–H groups in total. The lowest BCUT2D eigenvalue weighted by atomic mass is 10.0. The van der Waals surface area contributed by atoms with Gasteiger partial charge in [0.05, 0.1) is 35.0 Å². The summed E-state index contributed by atoms with van der Waals surface area (Å²) in [5, 5.41) is 5.51. The lowest BCUT2D eigenvalue weighted by Gasteiger charge is -2.35. The maximum absolute atomic E-state index is 14.7. The van der Waals surface area contributed by atoms with E-state index in [-0.39, 0.29) is 53.1 Å². The number of nitrogens with zero attached hydrogens (tertiary/aromatic N) is 3. The fourth-order valence-electron chi connectivity index (χ4n) is 4.12. The van der Waals surface area contributed by atoms with Crippen LogP contribution in [0.2, 0.25) is 0 Å². The molecule has 0 spiro atoms. The Morgan fingerprint density at radius 3 is 2.68 bits per heavy atom. The Morgan fingerprint density at radius 1 is 1.16 bits per heavy atom. The fourth-order valence-corrected chi connectivity index (χ4v) is 4.12. The molecule has 0 aliphatic carbocycles. The van der Waals surface area contributed by atoms with Gasteiger partial charge < -0.3 is 27.0 Å². The molecule has 2 atom stereocenters. The molecule has 3 aromatic rings. The number of benzene rings is 1. The first-order chi connectivity index (χ1) is 17.6. The predicted octanol–water partition coefficient (Wildman–Crippen LogP) is 3.13. The average Bonchev–Trinajstić information content (AvgIpc) is 2.86. The third-order valence-electron chi connectivity index (χ3n) is 6.02. The smallest absolute Gasteiger partial charge is 0.276 e. The van der Waals surface area contributed by atoms with Crippen LogP contribution in [0.4, 0.5) is 25.8 Å². The molecular formula is C26H29F2N7O2. The molecule has 3 heterocycles. The van der Waals surface area contributed by atoms with Gasteiger partial charge in [-0.25, -0.2) is 13.8 Å². The second-order valence-corrected chi connectivity index (χ2v) is 9.22. The summed E-state index contributed by atoms with van der Waals surface area (Å²) in [4.78, 5) is 35.9. The van der Waals surface area contributed by atoms with Crippen molar-refractivity contribution in [3.63, 3.8) is 0 Å². The van der Waals surface area contributed by atoms with Crippen LogP contribution in [0, 0.1) is 5.82 Å². The minimum absolute atomic E-state index is 0.0515. The molecule has 194 valence electrons. The Hall–Kier alpha value is -4.12. The number of nitrogens with one attached hydrogen (secondary N) is 2. The summed E-state index contributed by atoms with van der Waals surface area (Å²) < 4.78 is 28.6. The molecule has 0 saturated carbocycles. The number of anilines is 3. The SMILES string of the molecule is CC(C)NC(=O)c1ccc(F)c(-c2ccc(N)c(C(=O)Nc3cnccc3N3CC[C@H](F)[C@H](N)C3)n2)c1. The third kappa shape index (κ3) is 5.83. The van der Waals surface area contributed by atoms with Crippen LogP contribution in [0.15, 0.2) is 48.8 Å². The highest BCUT2D eigenvalue weighted by atomic mass is 19.1. The number of hydrogen-bond donors (Lipinski definition) is 4. The van der Waals surface area contributed by atoms with Crippen molar-refractivity contribution in [2.45, 2.75) is 38.5 Å². The summed E-state index contributed by atoms with van der Waals surface area (Å²) in [6.07, 6.45) is 2.22. The molecule has 1 aliphatic rings. The number of amides is 2. The highest BCUT2D eigenvalue weighted by Gasteiger charge is 2.28. The number of aromatic nitrogens is 2. The van der Waals surface area contributed by atoms with Crippen LogP contribution in [-0.2, 0) is 0 Å². The van der Waals surface area contributed by atoms with Crippen molar-refractivity contribution < 1.29 is 18.4 Å². The minimum atomic E-state index is -1.08. The number of hydrogen-bond acceptors (Lipinski definition) is 7. The van der Waals surface area contributed by atoms with Gasteiger partial charge in [-0.2, -0.15) is 0 Å². The number of halogens is 2. The van der Waals surface area contributed by atoms with Gasteiger partial charge >= 0.3 is 0 Å². The van der Waals surface area contributed by atoms with Crippen molar-refractivity contribution in [1.29, 1.82) is 0 Å². The largest absolute Gasteiger partial charge is 0.397 e. The Labute approximate surface area is 213 Å². The highest BCUT2D eigenvalue weighted by Crippen LogP contribution is 2.29. The lowest BCUT2D eigenvalue weighted by Crippen LogP contribution is -2.50. The van der Waals surface area contributed by atoms with Crippen LogP contribution >= 0.6 is 0 Å². The van der Waals surface area contributed by atoms with E-state index in [1.807, 2.05) is 18.7 Å². The summed E-state index contributed by atoms with van der Waals surface area (Å²) >= 11 is 0. The van der Waals surface area contributed by atoms with E-state index >= 15 is 0 Å². The molecular weight excluding hydrogens is 480 g/mol. The summed E-state index contributed by atoms with van der Waals surface area (Å²) in [6.45, 7) is 4.35. The Morgan fingerprint density at radius 2 is 1.95 bits per heavy atom. The summed E-state index contributed by atoms with van der Waals surface area (Å²) in [5.74, 6) is -1.59. The lowest BCUT2D eigenvalue weighted by molar-refractivity contribution is 0.0942. The number of carbonyl (C=O) groups excluding carboxylic acids is 2. The number of rotatable bonds is 6. The van der Waals surface area contributed by atoms with Gasteiger partial charge in [-0.1, -0.05) is 0 Å². The molecule has 2 amide bonds. The van der Waals surface area contributed by atoms with Gasteiger partial charge in [0, 0.05) is 36.5 Å². The van der Waals surface area contributed by atoms with Gasteiger partial charge in [0.25, 0.3) is 11.8 Å². The number of piperidine rings is 1. The molecule has 37 heavy (non-hydrogen) atoms. The van der Waals surface area contributed by atoms with Gasteiger partial charge in [-0.3, -0.25) is 14.6 Å². The topological polar surface area (TPSA) is 139 Å². The Balaban J connectivity index is 1.62. The van der Waals surface area contributed by atoms with E-state index in [0.717, 1.165) is 0 Å². The van der Waals surface area contributed by atoms with E-state index in [1.165, 1.54) is 36.5 Å². The molecule has 9 nitrogen and oxygen atoms in total. The molecule has 0 radical (unpaired) electrons. The van der Waals surface area contributed by atoms with E-state index in [1.54, 1.807) is 12.3 Å².